The lowest BCUT2D eigenvalue weighted by Crippen LogP contribution is -2.57. The number of hydrogen-bond donors (Lipinski definition) is 5. The van der Waals surface area contributed by atoms with Gasteiger partial charge in [-0.25, -0.2) is 0 Å². The van der Waals surface area contributed by atoms with E-state index in [0.717, 1.165) is 0 Å². The minimum atomic E-state index is -2.51. The lowest BCUT2D eigenvalue weighted by Gasteiger charge is -2.25. The largest absolute Gasteiger partial charge is 0.394 e. The van der Waals surface area contributed by atoms with Gasteiger partial charge < -0.3 is 20.4 Å². The van der Waals surface area contributed by atoms with Crippen LogP contribution in [0.5, 0.6) is 0 Å². The number of rotatable bonds is 4. The first-order valence-electron chi connectivity index (χ1n) is 2.90. The second-order valence-corrected chi connectivity index (χ2v) is 2.20. The van der Waals surface area contributed by atoms with Crippen molar-refractivity contribution < 1.29 is 25.2 Å². The molecule has 0 aromatic heterocycles. The SMILES string of the molecule is NC(O)(C=O)C(O)C(O)CO. The summed E-state index contributed by atoms with van der Waals surface area (Å²) >= 11 is 0. The summed E-state index contributed by atoms with van der Waals surface area (Å²) in [6.45, 7) is -0.783. The van der Waals surface area contributed by atoms with Crippen molar-refractivity contribution in [2.45, 2.75) is 17.9 Å². The van der Waals surface area contributed by atoms with Crippen molar-refractivity contribution >= 4 is 6.29 Å². The van der Waals surface area contributed by atoms with E-state index in [-0.39, 0.29) is 6.29 Å². The molecule has 11 heavy (non-hydrogen) atoms. The van der Waals surface area contributed by atoms with Crippen molar-refractivity contribution in [3.05, 3.63) is 0 Å². The van der Waals surface area contributed by atoms with E-state index in [4.69, 9.17) is 26.2 Å². The zero-order chi connectivity index (χ0) is 9.07. The third-order valence-electron chi connectivity index (χ3n) is 1.21. The fourth-order valence-corrected chi connectivity index (χ4v) is 0.478. The van der Waals surface area contributed by atoms with Gasteiger partial charge in [0.05, 0.1) is 6.61 Å². The molecule has 0 saturated carbocycles. The van der Waals surface area contributed by atoms with Gasteiger partial charge in [0.1, 0.15) is 12.2 Å². The molecule has 0 aromatic rings. The Labute approximate surface area is 62.9 Å². The highest BCUT2D eigenvalue weighted by Gasteiger charge is 2.35. The molecule has 0 bridgehead atoms. The zero-order valence-corrected chi connectivity index (χ0v) is 5.71. The van der Waals surface area contributed by atoms with Crippen molar-refractivity contribution in [3.8, 4) is 0 Å². The van der Waals surface area contributed by atoms with Crippen molar-refractivity contribution in [2.24, 2.45) is 5.73 Å². The number of carbonyl (C=O) groups is 1. The molecule has 0 spiro atoms. The molecule has 0 heterocycles. The Morgan fingerprint density at radius 3 is 2.27 bits per heavy atom. The van der Waals surface area contributed by atoms with E-state index < -0.39 is 24.5 Å². The molecule has 0 rings (SSSR count). The van der Waals surface area contributed by atoms with Gasteiger partial charge in [-0.05, 0) is 0 Å². The minimum absolute atomic E-state index is 0.115. The van der Waals surface area contributed by atoms with Crippen LogP contribution in [0.3, 0.4) is 0 Å². The van der Waals surface area contributed by atoms with Crippen LogP contribution < -0.4 is 5.73 Å². The lowest BCUT2D eigenvalue weighted by atomic mass is 10.0. The predicted molar refractivity (Wildman–Crippen MR) is 34.3 cm³/mol. The zero-order valence-electron chi connectivity index (χ0n) is 5.71. The van der Waals surface area contributed by atoms with Gasteiger partial charge in [-0.2, -0.15) is 0 Å². The molecule has 0 aliphatic rings. The van der Waals surface area contributed by atoms with Gasteiger partial charge in [0.15, 0.2) is 12.0 Å². The first kappa shape index (κ1) is 10.5. The quantitative estimate of drug-likeness (QED) is 0.218. The normalized spacial score (nSPS) is 21.9. The van der Waals surface area contributed by atoms with Crippen LogP contribution in [0.15, 0.2) is 0 Å². The van der Waals surface area contributed by atoms with Crippen LogP contribution in [0.2, 0.25) is 0 Å². The summed E-state index contributed by atoms with van der Waals surface area (Å²) in [5.74, 6) is 0. The van der Waals surface area contributed by atoms with Crippen LogP contribution in [-0.2, 0) is 4.79 Å². The summed E-state index contributed by atoms with van der Waals surface area (Å²) in [5, 5.41) is 34.6. The topological polar surface area (TPSA) is 124 Å². The number of aliphatic hydroxyl groups is 4. The van der Waals surface area contributed by atoms with E-state index in [0.29, 0.717) is 0 Å². The van der Waals surface area contributed by atoms with Gasteiger partial charge in [-0.15, -0.1) is 0 Å². The molecule has 6 nitrogen and oxygen atoms in total. The molecular formula is C5H11NO5. The van der Waals surface area contributed by atoms with Gasteiger partial charge in [-0.1, -0.05) is 0 Å². The molecule has 0 aliphatic carbocycles. The summed E-state index contributed by atoms with van der Waals surface area (Å²) in [5.41, 5.74) is 2.29. The fourth-order valence-electron chi connectivity index (χ4n) is 0.478. The van der Waals surface area contributed by atoms with Crippen molar-refractivity contribution in [3.63, 3.8) is 0 Å². The van der Waals surface area contributed by atoms with Crippen molar-refractivity contribution in [1.82, 2.24) is 0 Å². The summed E-state index contributed by atoms with van der Waals surface area (Å²) in [6, 6.07) is 0. The van der Waals surface area contributed by atoms with E-state index in [1.807, 2.05) is 0 Å². The highest BCUT2D eigenvalue weighted by atomic mass is 16.4. The van der Waals surface area contributed by atoms with Gasteiger partial charge >= 0.3 is 0 Å². The third kappa shape index (κ3) is 2.52. The van der Waals surface area contributed by atoms with Crippen molar-refractivity contribution in [1.29, 1.82) is 0 Å². The molecule has 6 N–H and O–H groups in total. The Bertz CT molecular complexity index is 137. The Morgan fingerprint density at radius 1 is 1.55 bits per heavy atom. The average molecular weight is 165 g/mol. The van der Waals surface area contributed by atoms with Gasteiger partial charge in [0.2, 0.25) is 0 Å². The first-order chi connectivity index (χ1) is 4.95. The number of nitrogens with two attached hydrogens (primary N) is 1. The molecule has 0 radical (unpaired) electrons. The number of aldehydes is 1. The summed E-state index contributed by atoms with van der Waals surface area (Å²) in [4.78, 5) is 9.96. The number of hydrogen-bond acceptors (Lipinski definition) is 6. The fraction of sp³-hybridized carbons (Fsp3) is 0.800. The maximum Gasteiger partial charge on any atom is 0.199 e. The monoisotopic (exact) mass is 165 g/mol. The first-order valence-corrected chi connectivity index (χ1v) is 2.90. The average Bonchev–Trinajstić information content (AvgIpc) is 2.01. The van der Waals surface area contributed by atoms with Crippen LogP contribution in [-0.4, -0.2) is 51.3 Å². The standard InChI is InChI=1S/C5H11NO5/c6-5(11,2-8)4(10)3(9)1-7/h2-4,7,9-11H,1,6H2. The van der Waals surface area contributed by atoms with Gasteiger partial charge in [0, 0.05) is 0 Å². The summed E-state index contributed by atoms with van der Waals surface area (Å²) < 4.78 is 0. The highest BCUT2D eigenvalue weighted by Crippen LogP contribution is 2.04. The molecule has 66 valence electrons. The smallest absolute Gasteiger partial charge is 0.199 e. The van der Waals surface area contributed by atoms with Crippen LogP contribution in [0, 0.1) is 0 Å². The molecule has 3 atom stereocenters. The van der Waals surface area contributed by atoms with Gasteiger partial charge in [-0.3, -0.25) is 10.5 Å². The number of carbonyl (C=O) groups excluding carboxylic acids is 1. The second kappa shape index (κ2) is 3.74. The maximum atomic E-state index is 9.96. The molecule has 0 saturated heterocycles. The molecule has 0 aliphatic heterocycles. The maximum absolute atomic E-state index is 9.96. The van der Waals surface area contributed by atoms with E-state index in [1.165, 1.54) is 0 Å². The van der Waals surface area contributed by atoms with Crippen LogP contribution >= 0.6 is 0 Å². The lowest BCUT2D eigenvalue weighted by molar-refractivity contribution is -0.151. The van der Waals surface area contributed by atoms with Crippen LogP contribution in [0.4, 0.5) is 0 Å². The predicted octanol–water partition coefficient (Wildman–Crippen LogP) is -3.45. The van der Waals surface area contributed by atoms with E-state index in [9.17, 15) is 4.79 Å². The molecule has 0 amide bonds. The highest BCUT2D eigenvalue weighted by molar-refractivity contribution is 5.62. The van der Waals surface area contributed by atoms with Crippen LogP contribution in [0.1, 0.15) is 0 Å². The van der Waals surface area contributed by atoms with E-state index >= 15 is 0 Å². The minimum Gasteiger partial charge on any atom is -0.394 e. The summed E-state index contributed by atoms with van der Waals surface area (Å²) in [7, 11) is 0. The molecule has 3 unspecified atom stereocenters. The Morgan fingerprint density at radius 2 is 2.00 bits per heavy atom. The van der Waals surface area contributed by atoms with Crippen LogP contribution in [0.25, 0.3) is 0 Å². The van der Waals surface area contributed by atoms with E-state index in [2.05, 4.69) is 0 Å². The third-order valence-corrected chi connectivity index (χ3v) is 1.21. The molecule has 0 fully saturated rings. The Hall–Kier alpha value is -0.530. The van der Waals surface area contributed by atoms with Gasteiger partial charge in [0.25, 0.3) is 0 Å². The molecule has 6 heteroatoms. The Balaban J connectivity index is 4.21. The summed E-state index contributed by atoms with van der Waals surface area (Å²) in [6.07, 6.45) is -3.63. The Kier molecular flexibility index (Phi) is 3.56. The number of aliphatic hydroxyl groups excluding tert-OH is 3. The molecule has 0 aromatic carbocycles. The van der Waals surface area contributed by atoms with Crippen molar-refractivity contribution in [2.75, 3.05) is 6.61 Å². The van der Waals surface area contributed by atoms with E-state index in [1.54, 1.807) is 0 Å². The molecular weight excluding hydrogens is 154 g/mol. The second-order valence-electron chi connectivity index (χ2n) is 2.20.